The number of hydrogen-bond donors (Lipinski definition) is 3. The van der Waals surface area contributed by atoms with Crippen LogP contribution in [0.4, 0.5) is 19.0 Å². The van der Waals surface area contributed by atoms with Gasteiger partial charge in [0.2, 0.25) is 0 Å². The fourth-order valence-electron chi connectivity index (χ4n) is 6.47. The maximum absolute atomic E-state index is 13.4. The van der Waals surface area contributed by atoms with Gasteiger partial charge in [0.05, 0.1) is 23.4 Å². The Morgan fingerprint density at radius 3 is 2.40 bits per heavy atom. The highest BCUT2D eigenvalue weighted by molar-refractivity contribution is 8.24. The first-order valence-corrected chi connectivity index (χ1v) is 16.3. The molecule has 2 aromatic carbocycles. The highest BCUT2D eigenvalue weighted by Crippen LogP contribution is 2.54. The number of ether oxygens (including phenoxy) is 2. The Bertz CT molecular complexity index is 1660. The lowest BCUT2D eigenvalue weighted by Crippen LogP contribution is -2.20. The van der Waals surface area contributed by atoms with Crippen molar-refractivity contribution in [2.75, 3.05) is 24.3 Å². The van der Waals surface area contributed by atoms with Crippen LogP contribution in [0, 0.1) is 0 Å². The third kappa shape index (κ3) is 5.73. The molecular formula is C30H32ClF3N4O4S. The van der Waals surface area contributed by atoms with Gasteiger partial charge in [-0.3, -0.25) is 9.11 Å². The SMILES string of the molecule is COc1cc(-c2c(C3CCS(O)(O)CC3)c(C3CCCC3)n3ncnc(N)c23)ccc1Oc1ccc(Cl)c(C(F)(F)F)c1. The van der Waals surface area contributed by atoms with E-state index in [1.165, 1.54) is 19.5 Å². The Balaban J connectivity index is 1.49. The molecular weight excluding hydrogens is 605 g/mol. The fraction of sp³-hybridized carbons (Fsp3) is 0.400. The zero-order chi connectivity index (χ0) is 30.5. The molecule has 4 N–H and O–H groups in total. The summed E-state index contributed by atoms with van der Waals surface area (Å²) in [7, 11) is -1.15. The van der Waals surface area contributed by atoms with Gasteiger partial charge in [0, 0.05) is 23.0 Å². The number of hydrogen-bond acceptors (Lipinski definition) is 7. The number of nitrogen functional groups attached to an aromatic ring is 1. The summed E-state index contributed by atoms with van der Waals surface area (Å²) in [6, 6.07) is 8.61. The summed E-state index contributed by atoms with van der Waals surface area (Å²) < 4.78 is 74.5. The Kier molecular flexibility index (Phi) is 7.91. The molecule has 2 aliphatic rings. The van der Waals surface area contributed by atoms with E-state index >= 15 is 0 Å². The van der Waals surface area contributed by atoms with E-state index in [4.69, 9.17) is 26.8 Å². The van der Waals surface area contributed by atoms with Crippen LogP contribution < -0.4 is 15.2 Å². The van der Waals surface area contributed by atoms with Gasteiger partial charge in [0.25, 0.3) is 0 Å². The first kappa shape index (κ1) is 29.9. The van der Waals surface area contributed by atoms with Crippen molar-refractivity contribution in [2.24, 2.45) is 0 Å². The Morgan fingerprint density at radius 2 is 1.72 bits per heavy atom. The summed E-state index contributed by atoms with van der Waals surface area (Å²) >= 11 is 5.79. The normalized spacial score (nSPS) is 18.7. The van der Waals surface area contributed by atoms with Gasteiger partial charge in [0.1, 0.15) is 17.6 Å². The van der Waals surface area contributed by atoms with Crippen LogP contribution in [0.2, 0.25) is 5.02 Å². The molecule has 2 fully saturated rings. The lowest BCUT2D eigenvalue weighted by atomic mass is 9.84. The van der Waals surface area contributed by atoms with Crippen LogP contribution in [0.3, 0.4) is 0 Å². The standard InChI is InChI=1S/C30H32ClF3N4O4S/c1-41-24-14-19(6-9-23(24)42-20-7-8-22(31)21(15-20)30(32,33)34)26-25(17-10-12-43(39,40)13-11-17)27(18-4-2-3-5-18)38-28(26)29(35)36-16-37-38/h6-9,14-18,39-40H,2-5,10-13H2,1H3,(H2,35,36,37). The molecule has 1 aliphatic heterocycles. The molecule has 0 amide bonds. The first-order chi connectivity index (χ1) is 20.5. The molecule has 8 nitrogen and oxygen atoms in total. The minimum absolute atomic E-state index is 0.0415. The van der Waals surface area contributed by atoms with Crippen molar-refractivity contribution in [3.05, 3.63) is 64.6 Å². The number of nitrogens with zero attached hydrogens (tertiary/aromatic N) is 3. The topological polar surface area (TPSA) is 115 Å². The number of benzene rings is 2. The molecule has 43 heavy (non-hydrogen) atoms. The average molecular weight is 637 g/mol. The lowest BCUT2D eigenvalue weighted by Gasteiger charge is -2.39. The minimum Gasteiger partial charge on any atom is -0.493 e. The molecule has 0 bridgehead atoms. The molecule has 0 spiro atoms. The summed E-state index contributed by atoms with van der Waals surface area (Å²) in [5.74, 6) is 1.77. The molecule has 3 heterocycles. The van der Waals surface area contributed by atoms with E-state index in [9.17, 15) is 22.3 Å². The minimum atomic E-state index is -4.64. The van der Waals surface area contributed by atoms with E-state index < -0.39 is 27.4 Å². The molecule has 6 rings (SSSR count). The van der Waals surface area contributed by atoms with Crippen molar-refractivity contribution in [1.29, 1.82) is 0 Å². The molecule has 13 heteroatoms. The summed E-state index contributed by atoms with van der Waals surface area (Å²) in [6.45, 7) is 0. The monoisotopic (exact) mass is 636 g/mol. The van der Waals surface area contributed by atoms with Crippen LogP contribution in [-0.2, 0) is 6.18 Å². The highest BCUT2D eigenvalue weighted by Gasteiger charge is 2.36. The van der Waals surface area contributed by atoms with Crippen molar-refractivity contribution < 1.29 is 31.8 Å². The second kappa shape index (κ2) is 11.4. The van der Waals surface area contributed by atoms with Crippen molar-refractivity contribution in [1.82, 2.24) is 14.6 Å². The van der Waals surface area contributed by atoms with Gasteiger partial charge in [-0.05, 0) is 73.1 Å². The van der Waals surface area contributed by atoms with Crippen LogP contribution in [0.1, 0.15) is 67.2 Å². The molecule has 0 atom stereocenters. The fourth-order valence-corrected chi connectivity index (χ4v) is 8.22. The van der Waals surface area contributed by atoms with Crippen LogP contribution >= 0.6 is 22.2 Å². The predicted molar refractivity (Wildman–Crippen MR) is 162 cm³/mol. The molecule has 1 saturated carbocycles. The average Bonchev–Trinajstić information content (AvgIpc) is 3.61. The molecule has 0 unspecified atom stereocenters. The van der Waals surface area contributed by atoms with E-state index in [0.29, 0.717) is 41.4 Å². The Morgan fingerprint density at radius 1 is 1.00 bits per heavy atom. The second-order valence-corrected chi connectivity index (χ2v) is 14.0. The van der Waals surface area contributed by atoms with Crippen molar-refractivity contribution in [3.8, 4) is 28.4 Å². The summed E-state index contributed by atoms with van der Waals surface area (Å²) in [5.41, 5.74) is 9.94. The molecule has 4 aromatic rings. The third-order valence-electron chi connectivity index (χ3n) is 8.49. The van der Waals surface area contributed by atoms with Crippen molar-refractivity contribution in [2.45, 2.75) is 56.5 Å². The first-order valence-electron chi connectivity index (χ1n) is 14.1. The van der Waals surface area contributed by atoms with Gasteiger partial charge in [-0.15, -0.1) is 0 Å². The number of rotatable bonds is 6. The summed E-state index contributed by atoms with van der Waals surface area (Å²) in [5, 5.41) is 4.22. The van der Waals surface area contributed by atoms with Gasteiger partial charge < -0.3 is 15.2 Å². The molecule has 1 saturated heterocycles. The van der Waals surface area contributed by atoms with Crippen LogP contribution in [0.15, 0.2) is 42.7 Å². The van der Waals surface area contributed by atoms with E-state index in [-0.39, 0.29) is 23.3 Å². The summed E-state index contributed by atoms with van der Waals surface area (Å²) in [4.78, 5) is 4.31. The van der Waals surface area contributed by atoms with Gasteiger partial charge in [-0.25, -0.2) is 9.50 Å². The van der Waals surface area contributed by atoms with Gasteiger partial charge in [-0.1, -0.05) is 30.5 Å². The quantitative estimate of drug-likeness (QED) is 0.194. The zero-order valence-corrected chi connectivity index (χ0v) is 25.0. The number of nitrogens with two attached hydrogens (primary N) is 1. The van der Waals surface area contributed by atoms with E-state index in [2.05, 4.69) is 10.1 Å². The second-order valence-electron chi connectivity index (χ2n) is 11.2. The number of methoxy groups -OCH3 is 1. The van der Waals surface area contributed by atoms with E-state index in [0.717, 1.165) is 60.2 Å². The lowest BCUT2D eigenvalue weighted by molar-refractivity contribution is -0.137. The number of fused-ring (bicyclic) bond motifs is 1. The van der Waals surface area contributed by atoms with Gasteiger partial charge >= 0.3 is 6.18 Å². The highest BCUT2D eigenvalue weighted by atomic mass is 35.5. The number of halogens is 4. The molecule has 2 aromatic heterocycles. The predicted octanol–water partition coefficient (Wildman–Crippen LogP) is 8.74. The van der Waals surface area contributed by atoms with Crippen LogP contribution in [-0.4, -0.2) is 42.3 Å². The molecule has 230 valence electrons. The smallest absolute Gasteiger partial charge is 0.417 e. The summed E-state index contributed by atoms with van der Waals surface area (Å²) in [6.07, 6.45) is 2.28. The Labute approximate surface area is 253 Å². The molecule has 1 aliphatic carbocycles. The maximum Gasteiger partial charge on any atom is 0.417 e. The van der Waals surface area contributed by atoms with Gasteiger partial charge in [-0.2, -0.15) is 28.9 Å². The van der Waals surface area contributed by atoms with Crippen LogP contribution in [0.5, 0.6) is 17.2 Å². The largest absolute Gasteiger partial charge is 0.493 e. The van der Waals surface area contributed by atoms with Crippen molar-refractivity contribution >= 4 is 33.5 Å². The molecule has 0 radical (unpaired) electrons. The van der Waals surface area contributed by atoms with Crippen molar-refractivity contribution in [3.63, 3.8) is 0 Å². The van der Waals surface area contributed by atoms with E-state index in [1.54, 1.807) is 12.1 Å². The number of aromatic nitrogens is 3. The number of alkyl halides is 3. The van der Waals surface area contributed by atoms with E-state index in [1.807, 2.05) is 10.6 Å². The third-order valence-corrected chi connectivity index (χ3v) is 10.6. The van der Waals surface area contributed by atoms with Gasteiger partial charge in [0.15, 0.2) is 17.3 Å². The Hall–Kier alpha value is -3.19. The van der Waals surface area contributed by atoms with Crippen LogP contribution in [0.25, 0.3) is 16.6 Å². The number of anilines is 1. The maximum atomic E-state index is 13.4. The zero-order valence-electron chi connectivity index (χ0n) is 23.4.